The van der Waals surface area contributed by atoms with Crippen molar-refractivity contribution in [2.75, 3.05) is 0 Å². The van der Waals surface area contributed by atoms with Crippen LogP contribution in [0.15, 0.2) is 12.5 Å². The molecule has 1 aromatic rings. The van der Waals surface area contributed by atoms with Gasteiger partial charge in [0.25, 0.3) is 0 Å². The molecule has 4 nitrogen and oxygen atoms in total. The monoisotopic (exact) mass is 192 g/mol. The summed E-state index contributed by atoms with van der Waals surface area (Å²) in [5, 5.41) is 8.71. The molecule has 1 fully saturated rings. The molecule has 0 radical (unpaired) electrons. The Morgan fingerprint density at radius 1 is 1.57 bits per heavy atom. The average Bonchev–Trinajstić information content (AvgIpc) is 2.04. The first kappa shape index (κ1) is 9.12. The van der Waals surface area contributed by atoms with Gasteiger partial charge in [-0.25, -0.2) is 9.97 Å². The lowest BCUT2D eigenvalue weighted by molar-refractivity contribution is -0.136. The first-order valence-electron chi connectivity index (χ1n) is 4.78. The lowest BCUT2D eigenvalue weighted by Gasteiger charge is -2.26. The fourth-order valence-electron chi connectivity index (χ4n) is 1.72. The normalized spacial score (nSPS) is 16.3. The number of hydrogen-bond acceptors (Lipinski definition) is 3. The summed E-state index contributed by atoms with van der Waals surface area (Å²) >= 11 is 0. The maximum absolute atomic E-state index is 10.6. The van der Waals surface area contributed by atoms with Gasteiger partial charge in [0.05, 0.1) is 12.1 Å². The molecule has 0 amide bonds. The van der Waals surface area contributed by atoms with Gasteiger partial charge in [0.2, 0.25) is 0 Å². The molecule has 2 rings (SSSR count). The summed E-state index contributed by atoms with van der Waals surface area (Å²) in [5.41, 5.74) is 1.71. The second-order valence-electron chi connectivity index (χ2n) is 3.63. The molecule has 1 N–H and O–H groups in total. The minimum atomic E-state index is -0.819. The third kappa shape index (κ3) is 1.73. The molecule has 1 aliphatic rings. The number of carboxylic acid groups (broad SMARTS) is 1. The second-order valence-corrected chi connectivity index (χ2v) is 3.63. The van der Waals surface area contributed by atoms with Crippen LogP contribution in [0.1, 0.15) is 36.4 Å². The van der Waals surface area contributed by atoms with E-state index < -0.39 is 5.97 Å². The van der Waals surface area contributed by atoms with E-state index in [0.29, 0.717) is 5.92 Å². The summed E-state index contributed by atoms with van der Waals surface area (Å²) in [6.07, 6.45) is 6.63. The van der Waals surface area contributed by atoms with Gasteiger partial charge in [-0.1, -0.05) is 6.42 Å². The summed E-state index contributed by atoms with van der Waals surface area (Å²) < 4.78 is 0. The molecule has 0 unspecified atom stereocenters. The first-order valence-corrected chi connectivity index (χ1v) is 4.78. The van der Waals surface area contributed by atoms with Crippen molar-refractivity contribution >= 4 is 5.97 Å². The molecule has 0 aromatic carbocycles. The van der Waals surface area contributed by atoms with Crippen molar-refractivity contribution in [3.63, 3.8) is 0 Å². The quantitative estimate of drug-likeness (QED) is 0.785. The van der Waals surface area contributed by atoms with Crippen LogP contribution in [0.2, 0.25) is 0 Å². The van der Waals surface area contributed by atoms with Crippen molar-refractivity contribution in [2.24, 2.45) is 0 Å². The Morgan fingerprint density at radius 2 is 2.36 bits per heavy atom. The van der Waals surface area contributed by atoms with E-state index in [4.69, 9.17) is 5.11 Å². The van der Waals surface area contributed by atoms with Gasteiger partial charge in [-0.15, -0.1) is 0 Å². The summed E-state index contributed by atoms with van der Waals surface area (Å²) in [6, 6.07) is 0. The number of hydrogen-bond donors (Lipinski definition) is 1. The Hall–Kier alpha value is -1.45. The molecular weight excluding hydrogens is 180 g/mol. The van der Waals surface area contributed by atoms with E-state index in [1.54, 1.807) is 6.20 Å². The molecule has 0 bridgehead atoms. The van der Waals surface area contributed by atoms with Crippen LogP contribution in [0.3, 0.4) is 0 Å². The van der Waals surface area contributed by atoms with Gasteiger partial charge in [-0.2, -0.15) is 0 Å². The van der Waals surface area contributed by atoms with E-state index in [0.717, 1.165) is 24.1 Å². The molecule has 1 aromatic heterocycles. The highest BCUT2D eigenvalue weighted by molar-refractivity contribution is 5.70. The van der Waals surface area contributed by atoms with Crippen LogP contribution in [0, 0.1) is 0 Å². The number of nitrogens with zero attached hydrogens (tertiary/aromatic N) is 2. The fourth-order valence-corrected chi connectivity index (χ4v) is 1.72. The van der Waals surface area contributed by atoms with E-state index in [9.17, 15) is 4.79 Å². The van der Waals surface area contributed by atoms with E-state index in [1.165, 1.54) is 12.7 Å². The number of aromatic nitrogens is 2. The van der Waals surface area contributed by atoms with Crippen LogP contribution in [0.4, 0.5) is 0 Å². The zero-order chi connectivity index (χ0) is 9.97. The molecule has 0 aliphatic heterocycles. The van der Waals surface area contributed by atoms with E-state index >= 15 is 0 Å². The average molecular weight is 192 g/mol. The summed E-state index contributed by atoms with van der Waals surface area (Å²) in [4.78, 5) is 18.6. The molecule has 1 heterocycles. The number of carboxylic acids is 1. The van der Waals surface area contributed by atoms with Crippen LogP contribution in [-0.2, 0) is 11.2 Å². The van der Waals surface area contributed by atoms with Crippen molar-refractivity contribution in [3.8, 4) is 0 Å². The highest BCUT2D eigenvalue weighted by atomic mass is 16.4. The van der Waals surface area contributed by atoms with Gasteiger partial charge in [0.1, 0.15) is 6.33 Å². The van der Waals surface area contributed by atoms with Crippen LogP contribution in [0.25, 0.3) is 0 Å². The molecule has 74 valence electrons. The van der Waals surface area contributed by atoms with Crippen LogP contribution in [-0.4, -0.2) is 21.0 Å². The highest BCUT2D eigenvalue weighted by Gasteiger charge is 2.24. The fraction of sp³-hybridized carbons (Fsp3) is 0.500. The van der Waals surface area contributed by atoms with E-state index in [-0.39, 0.29) is 6.42 Å². The lowest BCUT2D eigenvalue weighted by atomic mass is 9.81. The highest BCUT2D eigenvalue weighted by Crippen LogP contribution is 2.36. The zero-order valence-corrected chi connectivity index (χ0v) is 7.81. The third-order valence-electron chi connectivity index (χ3n) is 2.66. The maximum atomic E-state index is 10.6. The lowest BCUT2D eigenvalue weighted by Crippen LogP contribution is -2.15. The van der Waals surface area contributed by atoms with Crippen molar-refractivity contribution in [1.29, 1.82) is 0 Å². The SMILES string of the molecule is O=C(O)Cc1cncnc1C1CCC1. The molecule has 4 heteroatoms. The maximum Gasteiger partial charge on any atom is 0.307 e. The van der Waals surface area contributed by atoms with Crippen molar-refractivity contribution in [3.05, 3.63) is 23.8 Å². The van der Waals surface area contributed by atoms with Gasteiger partial charge >= 0.3 is 5.97 Å². The van der Waals surface area contributed by atoms with Gasteiger partial charge in [-0.05, 0) is 12.8 Å². The molecule has 1 aliphatic carbocycles. The standard InChI is InChI=1S/C10H12N2O2/c13-9(14)4-8-5-11-6-12-10(8)7-2-1-3-7/h5-7H,1-4H2,(H,13,14). The molecule has 1 saturated carbocycles. The Morgan fingerprint density at radius 3 is 2.93 bits per heavy atom. The Kier molecular flexibility index (Phi) is 2.43. The Bertz CT molecular complexity index is 348. The van der Waals surface area contributed by atoms with Gasteiger partial charge < -0.3 is 5.11 Å². The van der Waals surface area contributed by atoms with Crippen LogP contribution >= 0.6 is 0 Å². The zero-order valence-electron chi connectivity index (χ0n) is 7.81. The molecule has 0 atom stereocenters. The van der Waals surface area contributed by atoms with Crippen LogP contribution in [0.5, 0.6) is 0 Å². The van der Waals surface area contributed by atoms with Gasteiger partial charge in [0.15, 0.2) is 0 Å². The largest absolute Gasteiger partial charge is 0.481 e. The predicted molar refractivity (Wildman–Crippen MR) is 50.0 cm³/mol. The van der Waals surface area contributed by atoms with Gasteiger partial charge in [0, 0.05) is 17.7 Å². The minimum Gasteiger partial charge on any atom is -0.481 e. The Balaban J connectivity index is 2.23. The molecular formula is C10H12N2O2. The number of aliphatic carboxylic acids is 1. The van der Waals surface area contributed by atoms with E-state index in [1.807, 2.05) is 0 Å². The molecule has 0 saturated heterocycles. The van der Waals surface area contributed by atoms with Gasteiger partial charge in [-0.3, -0.25) is 4.79 Å². The Labute approximate surface area is 82.0 Å². The van der Waals surface area contributed by atoms with Crippen molar-refractivity contribution in [1.82, 2.24) is 9.97 Å². The summed E-state index contributed by atoms with van der Waals surface area (Å²) in [5.74, 6) is -0.354. The number of carbonyl (C=O) groups is 1. The second kappa shape index (κ2) is 3.74. The summed E-state index contributed by atoms with van der Waals surface area (Å²) in [7, 11) is 0. The first-order chi connectivity index (χ1) is 6.77. The predicted octanol–water partition coefficient (Wildman–Crippen LogP) is 1.37. The smallest absolute Gasteiger partial charge is 0.307 e. The third-order valence-corrected chi connectivity index (χ3v) is 2.66. The molecule has 0 spiro atoms. The minimum absolute atomic E-state index is 0.0344. The van der Waals surface area contributed by atoms with Crippen molar-refractivity contribution < 1.29 is 9.90 Å². The van der Waals surface area contributed by atoms with Crippen molar-refractivity contribution in [2.45, 2.75) is 31.6 Å². The topological polar surface area (TPSA) is 63.1 Å². The molecule has 14 heavy (non-hydrogen) atoms. The number of rotatable bonds is 3. The van der Waals surface area contributed by atoms with E-state index in [2.05, 4.69) is 9.97 Å². The van der Waals surface area contributed by atoms with Crippen LogP contribution < -0.4 is 0 Å². The summed E-state index contributed by atoms with van der Waals surface area (Å²) in [6.45, 7) is 0.